The van der Waals surface area contributed by atoms with Gasteiger partial charge in [-0.1, -0.05) is 6.07 Å². The number of benzene rings is 1. The van der Waals surface area contributed by atoms with Crippen LogP contribution in [0.1, 0.15) is 12.8 Å². The number of aliphatic hydroxyl groups is 1. The van der Waals surface area contributed by atoms with E-state index in [1.807, 2.05) is 0 Å². The van der Waals surface area contributed by atoms with E-state index < -0.39 is 20.7 Å². The molecule has 2 rings (SSSR count). The first-order valence-corrected chi connectivity index (χ1v) is 7.56. The van der Waals surface area contributed by atoms with Crippen molar-refractivity contribution in [2.75, 3.05) is 25.4 Å². The summed E-state index contributed by atoms with van der Waals surface area (Å²) in [7, 11) is -3.90. The molecule has 1 saturated heterocycles. The molecule has 1 aromatic rings. The van der Waals surface area contributed by atoms with Gasteiger partial charge in [-0.05, 0) is 30.9 Å². The zero-order valence-electron chi connectivity index (χ0n) is 10.4. The van der Waals surface area contributed by atoms with Crippen molar-refractivity contribution < 1.29 is 17.9 Å². The highest BCUT2D eigenvalue weighted by atomic mass is 32.2. The maximum absolute atomic E-state index is 13.7. The van der Waals surface area contributed by atoms with E-state index in [1.165, 1.54) is 16.4 Å². The van der Waals surface area contributed by atoms with Gasteiger partial charge in [-0.3, -0.25) is 0 Å². The Hall–Kier alpha value is -1.18. The van der Waals surface area contributed by atoms with Crippen molar-refractivity contribution in [2.45, 2.75) is 17.7 Å². The minimum absolute atomic E-state index is 0.0513. The lowest BCUT2D eigenvalue weighted by Crippen LogP contribution is -2.39. The summed E-state index contributed by atoms with van der Waals surface area (Å²) in [5, 5.41) is 9.04. The standard InChI is InChI=1S/C12H17FN2O3S/c13-10-2-1-3-11(14)12(10)19(17,18)15-6-4-9(8-16)5-7-15/h1-3,9,16H,4-8,14H2. The van der Waals surface area contributed by atoms with Crippen molar-refractivity contribution in [2.24, 2.45) is 5.92 Å². The fourth-order valence-electron chi connectivity index (χ4n) is 2.26. The molecule has 0 saturated carbocycles. The van der Waals surface area contributed by atoms with E-state index in [0.29, 0.717) is 12.8 Å². The van der Waals surface area contributed by atoms with Gasteiger partial charge < -0.3 is 10.8 Å². The number of rotatable bonds is 3. The second kappa shape index (κ2) is 5.44. The molecule has 0 bridgehead atoms. The van der Waals surface area contributed by atoms with Gasteiger partial charge in [-0.25, -0.2) is 12.8 Å². The Labute approximate surface area is 111 Å². The molecule has 0 radical (unpaired) electrons. The Kier molecular flexibility index (Phi) is 4.07. The van der Waals surface area contributed by atoms with Crippen LogP contribution in [0.3, 0.4) is 0 Å². The number of anilines is 1. The van der Waals surface area contributed by atoms with Gasteiger partial charge in [0.1, 0.15) is 10.7 Å². The summed E-state index contributed by atoms with van der Waals surface area (Å²) < 4.78 is 39.7. The highest BCUT2D eigenvalue weighted by Crippen LogP contribution is 2.28. The minimum atomic E-state index is -3.90. The van der Waals surface area contributed by atoms with Gasteiger partial charge in [-0.2, -0.15) is 4.31 Å². The summed E-state index contributed by atoms with van der Waals surface area (Å²) in [6, 6.07) is 3.84. The molecule has 0 spiro atoms. The van der Waals surface area contributed by atoms with Crippen LogP contribution in [0.25, 0.3) is 0 Å². The van der Waals surface area contributed by atoms with Gasteiger partial charge in [0.2, 0.25) is 10.0 Å². The Morgan fingerprint density at radius 2 is 2.00 bits per heavy atom. The molecule has 0 atom stereocenters. The van der Waals surface area contributed by atoms with Crippen molar-refractivity contribution in [3.8, 4) is 0 Å². The zero-order valence-corrected chi connectivity index (χ0v) is 11.2. The van der Waals surface area contributed by atoms with E-state index >= 15 is 0 Å². The van der Waals surface area contributed by atoms with E-state index in [4.69, 9.17) is 10.8 Å². The average Bonchev–Trinajstić information content (AvgIpc) is 2.38. The monoisotopic (exact) mass is 288 g/mol. The molecule has 1 aliphatic rings. The van der Waals surface area contributed by atoms with E-state index in [1.54, 1.807) is 0 Å². The van der Waals surface area contributed by atoms with Gasteiger partial charge >= 0.3 is 0 Å². The molecular formula is C12H17FN2O3S. The topological polar surface area (TPSA) is 83.6 Å². The van der Waals surface area contributed by atoms with E-state index in [2.05, 4.69) is 0 Å². The Balaban J connectivity index is 2.29. The summed E-state index contributed by atoms with van der Waals surface area (Å²) in [6.45, 7) is 0.610. The molecule has 1 fully saturated rings. The Morgan fingerprint density at radius 1 is 1.37 bits per heavy atom. The second-order valence-electron chi connectivity index (χ2n) is 4.69. The third-order valence-corrected chi connectivity index (χ3v) is 5.42. The number of piperidine rings is 1. The highest BCUT2D eigenvalue weighted by Gasteiger charge is 2.32. The third-order valence-electron chi connectivity index (χ3n) is 3.43. The summed E-state index contributed by atoms with van der Waals surface area (Å²) in [5.41, 5.74) is 5.50. The molecule has 1 aromatic carbocycles. The lowest BCUT2D eigenvalue weighted by Gasteiger charge is -2.30. The summed E-state index contributed by atoms with van der Waals surface area (Å²) >= 11 is 0. The smallest absolute Gasteiger partial charge is 0.248 e. The van der Waals surface area contributed by atoms with Crippen molar-refractivity contribution in [3.63, 3.8) is 0 Å². The average molecular weight is 288 g/mol. The van der Waals surface area contributed by atoms with Crippen molar-refractivity contribution in [3.05, 3.63) is 24.0 Å². The predicted molar refractivity (Wildman–Crippen MR) is 69.4 cm³/mol. The van der Waals surface area contributed by atoms with Gasteiger partial charge in [0.25, 0.3) is 0 Å². The highest BCUT2D eigenvalue weighted by molar-refractivity contribution is 7.89. The van der Waals surface area contributed by atoms with Crippen LogP contribution in [0.4, 0.5) is 10.1 Å². The number of sulfonamides is 1. The number of nitrogens with two attached hydrogens (primary N) is 1. The van der Waals surface area contributed by atoms with Crippen LogP contribution >= 0.6 is 0 Å². The number of halogens is 1. The van der Waals surface area contributed by atoms with Gasteiger partial charge in [0, 0.05) is 19.7 Å². The first-order chi connectivity index (χ1) is 8.96. The molecule has 0 aromatic heterocycles. The van der Waals surface area contributed by atoms with Crippen molar-refractivity contribution in [1.29, 1.82) is 0 Å². The van der Waals surface area contributed by atoms with E-state index in [9.17, 15) is 12.8 Å². The largest absolute Gasteiger partial charge is 0.398 e. The molecule has 106 valence electrons. The number of hydrogen-bond donors (Lipinski definition) is 2. The van der Waals surface area contributed by atoms with Crippen LogP contribution < -0.4 is 5.73 Å². The molecule has 3 N–H and O–H groups in total. The van der Waals surface area contributed by atoms with Crippen LogP contribution in [-0.4, -0.2) is 37.5 Å². The van der Waals surface area contributed by atoms with Gasteiger partial charge in [0.15, 0.2) is 0 Å². The quantitative estimate of drug-likeness (QED) is 0.806. The zero-order chi connectivity index (χ0) is 14.0. The van der Waals surface area contributed by atoms with Crippen molar-refractivity contribution >= 4 is 15.7 Å². The van der Waals surface area contributed by atoms with E-state index in [-0.39, 0.29) is 31.3 Å². The van der Waals surface area contributed by atoms with Crippen LogP contribution in [0, 0.1) is 11.7 Å². The van der Waals surface area contributed by atoms with Crippen LogP contribution in [-0.2, 0) is 10.0 Å². The molecule has 0 aliphatic carbocycles. The summed E-state index contributed by atoms with van der Waals surface area (Å²) in [6.07, 6.45) is 1.15. The molecule has 19 heavy (non-hydrogen) atoms. The van der Waals surface area contributed by atoms with Crippen molar-refractivity contribution in [1.82, 2.24) is 4.31 Å². The Morgan fingerprint density at radius 3 is 2.53 bits per heavy atom. The molecule has 5 nitrogen and oxygen atoms in total. The first kappa shape index (κ1) is 14.2. The van der Waals surface area contributed by atoms with Gasteiger partial charge in [0.05, 0.1) is 5.69 Å². The maximum Gasteiger partial charge on any atom is 0.248 e. The second-order valence-corrected chi connectivity index (χ2v) is 6.56. The number of hydrogen-bond acceptors (Lipinski definition) is 4. The van der Waals surface area contributed by atoms with E-state index in [0.717, 1.165) is 6.07 Å². The number of nitrogens with zero attached hydrogens (tertiary/aromatic N) is 1. The lowest BCUT2D eigenvalue weighted by molar-refractivity contribution is 0.170. The molecule has 0 unspecified atom stereocenters. The van der Waals surface area contributed by atoms with Crippen LogP contribution in [0.2, 0.25) is 0 Å². The Bertz CT molecular complexity index is 534. The normalized spacial score (nSPS) is 18.6. The maximum atomic E-state index is 13.7. The fourth-order valence-corrected chi connectivity index (χ4v) is 3.89. The molecular weight excluding hydrogens is 271 g/mol. The third kappa shape index (κ3) is 2.72. The molecule has 1 aliphatic heterocycles. The number of nitrogen functional groups attached to an aromatic ring is 1. The first-order valence-electron chi connectivity index (χ1n) is 6.12. The van der Waals surface area contributed by atoms with Crippen LogP contribution in [0.15, 0.2) is 23.1 Å². The summed E-state index contributed by atoms with van der Waals surface area (Å²) in [4.78, 5) is -0.447. The fraction of sp³-hybridized carbons (Fsp3) is 0.500. The molecule has 1 heterocycles. The summed E-state index contributed by atoms with van der Waals surface area (Å²) in [5.74, 6) is -0.714. The van der Waals surface area contributed by atoms with Gasteiger partial charge in [-0.15, -0.1) is 0 Å². The lowest BCUT2D eigenvalue weighted by atomic mass is 10.00. The SMILES string of the molecule is Nc1cccc(F)c1S(=O)(=O)N1CCC(CO)CC1. The number of aliphatic hydroxyl groups excluding tert-OH is 1. The predicted octanol–water partition coefficient (Wildman–Crippen LogP) is 0.801. The van der Waals surface area contributed by atoms with Crippen LogP contribution in [0.5, 0.6) is 0 Å². The molecule has 0 amide bonds. The minimum Gasteiger partial charge on any atom is -0.398 e. The molecule has 7 heteroatoms.